The van der Waals surface area contributed by atoms with Gasteiger partial charge in [0.05, 0.1) is 0 Å². The highest BCUT2D eigenvalue weighted by molar-refractivity contribution is 6.89. The first-order valence-corrected chi connectivity index (χ1v) is 14.0. The first kappa shape index (κ1) is 17.1. The molecule has 0 fully saturated rings. The van der Waals surface area contributed by atoms with Crippen molar-refractivity contribution in [2.45, 2.75) is 51.7 Å². The van der Waals surface area contributed by atoms with Gasteiger partial charge in [0, 0.05) is 0 Å². The lowest BCUT2D eigenvalue weighted by Gasteiger charge is -2.47. The van der Waals surface area contributed by atoms with Gasteiger partial charge in [-0.25, -0.2) is 0 Å². The van der Waals surface area contributed by atoms with Crippen LogP contribution in [-0.2, 0) is 11.2 Å². The van der Waals surface area contributed by atoms with Crippen molar-refractivity contribution in [1.29, 1.82) is 0 Å². The van der Waals surface area contributed by atoms with E-state index in [0.29, 0.717) is 6.42 Å². The average Bonchev–Trinajstić information content (AvgIpc) is 2.25. The van der Waals surface area contributed by atoms with E-state index in [-0.39, 0.29) is 0 Å². The molecule has 0 aliphatic carbocycles. The van der Waals surface area contributed by atoms with Gasteiger partial charge in [-0.15, -0.1) is 0 Å². The number of rotatable bonds is 6. The summed E-state index contributed by atoms with van der Waals surface area (Å²) < 4.78 is 2.37. The van der Waals surface area contributed by atoms with E-state index in [4.69, 9.17) is 0 Å². The minimum Gasteiger partial charge on any atom is -0.480 e. The molecule has 0 saturated heterocycles. The lowest BCUT2D eigenvalue weighted by atomic mass is 10.1. The Hall–Kier alpha value is -0.916. The van der Waals surface area contributed by atoms with Gasteiger partial charge in [-0.3, -0.25) is 4.79 Å². The van der Waals surface area contributed by atoms with Gasteiger partial charge in [-0.2, -0.15) is 0 Å². The molecule has 0 spiro atoms. The largest absolute Gasteiger partial charge is 0.480 e. The molecule has 112 valence electrons. The molecular weight excluding hydrogens is 282 g/mol. The number of carbonyl (C=O) groups is 1. The van der Waals surface area contributed by atoms with E-state index in [1.165, 1.54) is 0 Å². The summed E-state index contributed by atoms with van der Waals surface area (Å²) in [7, 11) is -3.38. The van der Waals surface area contributed by atoms with Crippen molar-refractivity contribution in [1.82, 2.24) is 4.23 Å². The van der Waals surface area contributed by atoms with Crippen LogP contribution in [0.1, 0.15) is 5.56 Å². The molecule has 5 heteroatoms. The van der Waals surface area contributed by atoms with Crippen molar-refractivity contribution in [2.24, 2.45) is 0 Å². The normalized spacial score (nSPS) is 14.3. The Morgan fingerprint density at radius 2 is 1.50 bits per heavy atom. The molecule has 1 rings (SSSR count). The lowest BCUT2D eigenvalue weighted by molar-refractivity contribution is -0.140. The number of carboxylic acids is 1. The van der Waals surface area contributed by atoms with Crippen LogP contribution >= 0.6 is 0 Å². The molecule has 0 bridgehead atoms. The summed E-state index contributed by atoms with van der Waals surface area (Å²) in [5.74, 6) is -0.696. The highest BCUT2D eigenvalue weighted by Gasteiger charge is 2.42. The molecule has 3 nitrogen and oxygen atoms in total. The minimum absolute atomic E-state index is 0.407. The van der Waals surface area contributed by atoms with Crippen LogP contribution in [0.5, 0.6) is 0 Å². The standard InChI is InChI=1S/C15H27NO2Si2/c1-19(2,3)16(20(4,5)6)14(15(17)18)12-13-10-8-7-9-11-13/h7-11,14H,12H2,1-6H3,(H,17,18). The second-order valence-electron chi connectivity index (χ2n) is 7.26. The van der Waals surface area contributed by atoms with Crippen LogP contribution in [0.4, 0.5) is 0 Å². The van der Waals surface area contributed by atoms with Gasteiger partial charge in [0.1, 0.15) is 22.5 Å². The Morgan fingerprint density at radius 1 is 1.05 bits per heavy atom. The van der Waals surface area contributed by atoms with Crippen LogP contribution in [0, 0.1) is 0 Å². The zero-order valence-electron chi connectivity index (χ0n) is 13.5. The highest BCUT2D eigenvalue weighted by Crippen LogP contribution is 2.25. The number of nitrogens with zero attached hydrogens (tertiary/aromatic N) is 1. The fourth-order valence-corrected chi connectivity index (χ4v) is 13.4. The second-order valence-corrected chi connectivity index (χ2v) is 17.3. The summed E-state index contributed by atoms with van der Waals surface area (Å²) in [4.78, 5) is 11.8. The Labute approximate surface area is 124 Å². The van der Waals surface area contributed by atoms with Gasteiger partial charge in [-0.05, 0) is 12.0 Å². The molecule has 1 N–H and O–H groups in total. The van der Waals surface area contributed by atoms with Crippen LogP contribution in [0.2, 0.25) is 39.3 Å². The third-order valence-electron chi connectivity index (χ3n) is 3.31. The topological polar surface area (TPSA) is 40.5 Å². The molecule has 0 radical (unpaired) electrons. The maximum atomic E-state index is 11.8. The third-order valence-corrected chi connectivity index (χ3v) is 10.9. The molecule has 0 amide bonds. The maximum Gasteiger partial charge on any atom is 0.319 e. The van der Waals surface area contributed by atoms with Gasteiger partial charge in [0.15, 0.2) is 0 Å². The van der Waals surface area contributed by atoms with Crippen molar-refractivity contribution in [2.75, 3.05) is 0 Å². The van der Waals surface area contributed by atoms with E-state index in [1.807, 2.05) is 30.3 Å². The molecule has 1 unspecified atom stereocenters. The molecule has 0 saturated carbocycles. The van der Waals surface area contributed by atoms with Crippen LogP contribution < -0.4 is 0 Å². The second kappa shape index (κ2) is 6.24. The summed E-state index contributed by atoms with van der Waals surface area (Å²) >= 11 is 0. The molecule has 0 aliphatic rings. The average molecular weight is 310 g/mol. The first-order chi connectivity index (χ1) is 9.03. The van der Waals surface area contributed by atoms with E-state index in [0.717, 1.165) is 5.56 Å². The molecule has 1 aromatic carbocycles. The zero-order valence-corrected chi connectivity index (χ0v) is 15.5. The van der Waals surface area contributed by atoms with Crippen LogP contribution in [-0.4, -0.2) is 37.8 Å². The molecule has 1 aromatic rings. The predicted octanol–water partition coefficient (Wildman–Crippen LogP) is 3.65. The van der Waals surface area contributed by atoms with Crippen LogP contribution in [0.15, 0.2) is 30.3 Å². The van der Waals surface area contributed by atoms with E-state index < -0.39 is 28.5 Å². The fraction of sp³-hybridized carbons (Fsp3) is 0.533. The molecule has 0 heterocycles. The summed E-state index contributed by atoms with van der Waals surface area (Å²) in [6.45, 7) is 13.5. The Morgan fingerprint density at radius 3 is 1.85 bits per heavy atom. The molecular formula is C15H27NO2Si2. The Kier molecular flexibility index (Phi) is 5.35. The fourth-order valence-electron chi connectivity index (χ4n) is 3.07. The number of hydrogen-bond donors (Lipinski definition) is 1. The van der Waals surface area contributed by atoms with Crippen molar-refractivity contribution >= 4 is 22.4 Å². The van der Waals surface area contributed by atoms with Gasteiger partial charge < -0.3 is 9.34 Å². The number of hydrogen-bond acceptors (Lipinski definition) is 2. The van der Waals surface area contributed by atoms with Crippen molar-refractivity contribution in [3.05, 3.63) is 35.9 Å². The smallest absolute Gasteiger partial charge is 0.319 e. The summed E-state index contributed by atoms with van der Waals surface area (Å²) in [6, 6.07) is 9.54. The summed E-state index contributed by atoms with van der Waals surface area (Å²) in [6.07, 6.45) is 0.588. The molecule has 20 heavy (non-hydrogen) atoms. The van der Waals surface area contributed by atoms with Crippen molar-refractivity contribution in [3.63, 3.8) is 0 Å². The molecule has 1 atom stereocenters. The Balaban J connectivity index is 3.13. The van der Waals surface area contributed by atoms with Gasteiger partial charge >= 0.3 is 5.97 Å². The number of aliphatic carboxylic acids is 1. The van der Waals surface area contributed by atoms with E-state index >= 15 is 0 Å². The SMILES string of the molecule is C[Si](C)(C)N(C(Cc1ccccc1)C(=O)O)[Si](C)(C)C. The maximum absolute atomic E-state index is 11.8. The van der Waals surface area contributed by atoms with Crippen LogP contribution in [0.25, 0.3) is 0 Å². The summed E-state index contributed by atoms with van der Waals surface area (Å²) in [5.41, 5.74) is 1.10. The first-order valence-electron chi connectivity index (χ1n) is 7.09. The summed E-state index contributed by atoms with van der Waals surface area (Å²) in [5, 5.41) is 9.73. The molecule has 0 aliphatic heterocycles. The van der Waals surface area contributed by atoms with E-state index in [1.54, 1.807) is 0 Å². The zero-order chi connectivity index (χ0) is 15.6. The quantitative estimate of drug-likeness (QED) is 0.815. The van der Waals surface area contributed by atoms with Crippen LogP contribution in [0.3, 0.4) is 0 Å². The highest BCUT2D eigenvalue weighted by atomic mass is 28.4. The van der Waals surface area contributed by atoms with E-state index in [2.05, 4.69) is 43.5 Å². The Bertz CT molecular complexity index is 435. The third kappa shape index (κ3) is 4.57. The number of benzene rings is 1. The lowest BCUT2D eigenvalue weighted by Crippen LogP contribution is -2.65. The minimum atomic E-state index is -1.69. The van der Waals surface area contributed by atoms with Gasteiger partial charge in [0.2, 0.25) is 0 Å². The van der Waals surface area contributed by atoms with Crippen molar-refractivity contribution < 1.29 is 9.90 Å². The molecule has 0 aromatic heterocycles. The van der Waals surface area contributed by atoms with Gasteiger partial charge in [-0.1, -0.05) is 69.6 Å². The van der Waals surface area contributed by atoms with Gasteiger partial charge in [0.25, 0.3) is 0 Å². The number of carboxylic acid groups (broad SMARTS) is 1. The van der Waals surface area contributed by atoms with Crippen molar-refractivity contribution in [3.8, 4) is 0 Å². The van der Waals surface area contributed by atoms with E-state index in [9.17, 15) is 9.90 Å². The predicted molar refractivity (Wildman–Crippen MR) is 90.1 cm³/mol. The monoisotopic (exact) mass is 309 g/mol.